The molecule has 0 fully saturated rings. The number of hydrogen-bond donors (Lipinski definition) is 1. The predicted octanol–water partition coefficient (Wildman–Crippen LogP) is 2.46. The van der Waals surface area contributed by atoms with Crippen LogP contribution in [0.4, 0.5) is 5.69 Å². The molecule has 0 unspecified atom stereocenters. The average Bonchev–Trinajstić information content (AvgIpc) is 2.61. The Morgan fingerprint density at radius 1 is 1.27 bits per heavy atom. The van der Waals surface area contributed by atoms with Crippen LogP contribution in [0.2, 0.25) is 0 Å². The molecular weight excluding hydrogens is 186 g/mol. The highest BCUT2D eigenvalue weighted by molar-refractivity contribution is 5.65. The van der Waals surface area contributed by atoms with Crippen LogP contribution >= 0.6 is 0 Å². The average molecular weight is 201 g/mol. The molecule has 0 radical (unpaired) electrons. The maximum Gasteiger partial charge on any atom is 0.0711 e. The zero-order chi connectivity index (χ0) is 10.8. The SMILES string of the molecule is CCn1ncc(C)c1-c1ccc(N)cc1. The molecule has 1 aromatic heterocycles. The molecule has 1 heterocycles. The number of hydrogen-bond acceptors (Lipinski definition) is 2. The van der Waals surface area contributed by atoms with Crippen molar-refractivity contribution in [3.8, 4) is 11.3 Å². The van der Waals surface area contributed by atoms with Crippen molar-refractivity contribution in [2.75, 3.05) is 5.73 Å². The summed E-state index contributed by atoms with van der Waals surface area (Å²) in [7, 11) is 0. The molecule has 0 spiro atoms. The van der Waals surface area contributed by atoms with E-state index in [1.54, 1.807) is 0 Å². The first kappa shape index (κ1) is 9.77. The maximum atomic E-state index is 5.67. The van der Waals surface area contributed by atoms with E-state index in [4.69, 9.17) is 5.73 Å². The van der Waals surface area contributed by atoms with Gasteiger partial charge in [-0.25, -0.2) is 0 Å². The van der Waals surface area contributed by atoms with Crippen LogP contribution in [-0.4, -0.2) is 9.78 Å². The Morgan fingerprint density at radius 2 is 1.93 bits per heavy atom. The summed E-state index contributed by atoms with van der Waals surface area (Å²) < 4.78 is 2.00. The molecule has 3 heteroatoms. The zero-order valence-corrected chi connectivity index (χ0v) is 9.07. The molecule has 3 nitrogen and oxygen atoms in total. The second-order valence-electron chi connectivity index (χ2n) is 3.61. The van der Waals surface area contributed by atoms with Crippen LogP contribution in [0, 0.1) is 6.92 Å². The van der Waals surface area contributed by atoms with Gasteiger partial charge in [0.25, 0.3) is 0 Å². The minimum absolute atomic E-state index is 0.791. The fourth-order valence-electron chi connectivity index (χ4n) is 1.74. The Labute approximate surface area is 89.5 Å². The smallest absolute Gasteiger partial charge is 0.0711 e. The van der Waals surface area contributed by atoms with Gasteiger partial charge >= 0.3 is 0 Å². The van der Waals surface area contributed by atoms with Gasteiger partial charge < -0.3 is 5.73 Å². The van der Waals surface area contributed by atoms with Gasteiger partial charge in [0.1, 0.15) is 0 Å². The normalized spacial score (nSPS) is 10.5. The first-order valence-corrected chi connectivity index (χ1v) is 5.10. The number of nitrogens with two attached hydrogens (primary N) is 1. The number of aromatic nitrogens is 2. The van der Waals surface area contributed by atoms with Crippen molar-refractivity contribution in [3.63, 3.8) is 0 Å². The summed E-state index contributed by atoms with van der Waals surface area (Å²) in [5.74, 6) is 0. The van der Waals surface area contributed by atoms with E-state index < -0.39 is 0 Å². The minimum atomic E-state index is 0.791. The lowest BCUT2D eigenvalue weighted by Crippen LogP contribution is -1.99. The van der Waals surface area contributed by atoms with E-state index in [2.05, 4.69) is 18.9 Å². The van der Waals surface area contributed by atoms with Crippen LogP contribution in [0.3, 0.4) is 0 Å². The Hall–Kier alpha value is -1.77. The van der Waals surface area contributed by atoms with Crippen molar-refractivity contribution >= 4 is 5.69 Å². The summed E-state index contributed by atoms with van der Waals surface area (Å²) >= 11 is 0. The first-order valence-electron chi connectivity index (χ1n) is 5.10. The molecule has 0 bridgehead atoms. The van der Waals surface area contributed by atoms with E-state index in [1.165, 1.54) is 16.8 Å². The third-order valence-corrected chi connectivity index (χ3v) is 2.51. The van der Waals surface area contributed by atoms with E-state index in [0.717, 1.165) is 12.2 Å². The molecule has 2 N–H and O–H groups in total. The number of anilines is 1. The summed E-state index contributed by atoms with van der Waals surface area (Å²) in [5, 5.41) is 4.32. The molecule has 78 valence electrons. The van der Waals surface area contributed by atoms with Gasteiger partial charge in [-0.15, -0.1) is 0 Å². The molecule has 0 aliphatic rings. The van der Waals surface area contributed by atoms with Crippen molar-refractivity contribution in [3.05, 3.63) is 36.0 Å². The largest absolute Gasteiger partial charge is 0.399 e. The molecule has 0 aliphatic heterocycles. The Bertz CT molecular complexity index is 454. The van der Waals surface area contributed by atoms with Crippen molar-refractivity contribution in [1.82, 2.24) is 9.78 Å². The zero-order valence-electron chi connectivity index (χ0n) is 9.07. The highest BCUT2D eigenvalue weighted by atomic mass is 15.3. The number of nitrogens with zero attached hydrogens (tertiary/aromatic N) is 2. The van der Waals surface area contributed by atoms with Gasteiger partial charge in [0.15, 0.2) is 0 Å². The second kappa shape index (κ2) is 3.77. The van der Waals surface area contributed by atoms with Crippen molar-refractivity contribution in [2.24, 2.45) is 0 Å². The van der Waals surface area contributed by atoms with Gasteiger partial charge in [-0.3, -0.25) is 4.68 Å². The first-order chi connectivity index (χ1) is 7.22. The van der Waals surface area contributed by atoms with Gasteiger partial charge in [0, 0.05) is 17.8 Å². The van der Waals surface area contributed by atoms with E-state index in [0.29, 0.717) is 0 Å². The maximum absolute atomic E-state index is 5.67. The van der Waals surface area contributed by atoms with E-state index in [-0.39, 0.29) is 0 Å². The van der Waals surface area contributed by atoms with Crippen molar-refractivity contribution in [1.29, 1.82) is 0 Å². The monoisotopic (exact) mass is 201 g/mol. The van der Waals surface area contributed by atoms with Crippen LogP contribution in [0.15, 0.2) is 30.5 Å². The van der Waals surface area contributed by atoms with Crippen LogP contribution in [-0.2, 0) is 6.54 Å². The highest BCUT2D eigenvalue weighted by Crippen LogP contribution is 2.23. The Kier molecular flexibility index (Phi) is 2.46. The number of rotatable bonds is 2. The molecule has 2 rings (SSSR count). The lowest BCUT2D eigenvalue weighted by atomic mass is 10.1. The van der Waals surface area contributed by atoms with Crippen LogP contribution in [0.25, 0.3) is 11.3 Å². The molecule has 0 amide bonds. The summed E-state index contributed by atoms with van der Waals surface area (Å²) in [6.07, 6.45) is 1.90. The van der Waals surface area contributed by atoms with Crippen molar-refractivity contribution in [2.45, 2.75) is 20.4 Å². The molecule has 0 aliphatic carbocycles. The third kappa shape index (κ3) is 1.73. The van der Waals surface area contributed by atoms with Gasteiger partial charge in [-0.1, -0.05) is 12.1 Å². The predicted molar refractivity (Wildman–Crippen MR) is 62.5 cm³/mol. The van der Waals surface area contributed by atoms with E-state index in [9.17, 15) is 0 Å². The lowest BCUT2D eigenvalue weighted by molar-refractivity contribution is 0.667. The molecular formula is C12H15N3. The van der Waals surface area contributed by atoms with Crippen LogP contribution in [0.1, 0.15) is 12.5 Å². The Balaban J connectivity index is 2.52. The summed E-state index contributed by atoms with van der Waals surface area (Å²) in [5.41, 5.74) is 10.00. The van der Waals surface area contributed by atoms with Gasteiger partial charge in [-0.05, 0) is 31.5 Å². The fourth-order valence-corrected chi connectivity index (χ4v) is 1.74. The topological polar surface area (TPSA) is 43.8 Å². The van der Waals surface area contributed by atoms with E-state index in [1.807, 2.05) is 35.1 Å². The molecule has 0 saturated carbocycles. The lowest BCUT2D eigenvalue weighted by Gasteiger charge is -2.06. The molecule has 1 aromatic carbocycles. The molecule has 15 heavy (non-hydrogen) atoms. The van der Waals surface area contributed by atoms with E-state index >= 15 is 0 Å². The van der Waals surface area contributed by atoms with Gasteiger partial charge in [-0.2, -0.15) is 5.10 Å². The highest BCUT2D eigenvalue weighted by Gasteiger charge is 2.07. The summed E-state index contributed by atoms with van der Waals surface area (Å²) in [4.78, 5) is 0. The van der Waals surface area contributed by atoms with Gasteiger partial charge in [0.05, 0.1) is 11.9 Å². The van der Waals surface area contributed by atoms with Crippen molar-refractivity contribution < 1.29 is 0 Å². The van der Waals surface area contributed by atoms with Gasteiger partial charge in [0.2, 0.25) is 0 Å². The fraction of sp³-hybridized carbons (Fsp3) is 0.250. The summed E-state index contributed by atoms with van der Waals surface area (Å²) in [6.45, 7) is 5.05. The molecule has 2 aromatic rings. The van der Waals surface area contributed by atoms with Crippen LogP contribution in [0.5, 0.6) is 0 Å². The minimum Gasteiger partial charge on any atom is -0.399 e. The second-order valence-corrected chi connectivity index (χ2v) is 3.61. The number of aryl methyl sites for hydroxylation is 2. The molecule has 0 atom stereocenters. The quantitative estimate of drug-likeness (QED) is 0.758. The molecule has 0 saturated heterocycles. The van der Waals surface area contributed by atoms with Crippen LogP contribution < -0.4 is 5.73 Å². The number of benzene rings is 1. The third-order valence-electron chi connectivity index (χ3n) is 2.51. The standard InChI is InChI=1S/C12H15N3/c1-3-15-12(9(2)8-14-15)10-4-6-11(13)7-5-10/h4-8H,3,13H2,1-2H3. The Morgan fingerprint density at radius 3 is 2.53 bits per heavy atom. The number of nitrogen functional groups attached to an aromatic ring is 1. The summed E-state index contributed by atoms with van der Waals surface area (Å²) in [6, 6.07) is 7.90.